The molecule has 0 N–H and O–H groups in total. The van der Waals surface area contributed by atoms with Crippen LogP contribution in [0.1, 0.15) is 23.6 Å². The summed E-state index contributed by atoms with van der Waals surface area (Å²) in [6.07, 6.45) is 0.571. The number of carbonyl (C=O) groups is 1. The van der Waals surface area contributed by atoms with Gasteiger partial charge in [0, 0.05) is 17.7 Å². The van der Waals surface area contributed by atoms with E-state index in [0.717, 1.165) is 39.3 Å². The SMILES string of the molecule is COc1ccc(C2=NN(C(=O)CSC3=NCCS3)[C@H](c3cccc(OC)c3OC)C2)cc1. The highest BCUT2D eigenvalue weighted by Gasteiger charge is 2.35. The molecule has 0 radical (unpaired) electrons. The average Bonchev–Trinajstić information content (AvgIpc) is 3.52. The molecular weight excluding hydrogens is 446 g/mol. The van der Waals surface area contributed by atoms with E-state index >= 15 is 0 Å². The Morgan fingerprint density at radius 3 is 2.59 bits per heavy atom. The number of methoxy groups -OCH3 is 3. The molecule has 0 saturated heterocycles. The number of thioether (sulfide) groups is 2. The van der Waals surface area contributed by atoms with Crippen LogP contribution in [0.4, 0.5) is 0 Å². The van der Waals surface area contributed by atoms with E-state index < -0.39 is 0 Å². The predicted octanol–water partition coefficient (Wildman–Crippen LogP) is 4.23. The van der Waals surface area contributed by atoms with Crippen LogP contribution < -0.4 is 14.2 Å². The van der Waals surface area contributed by atoms with Crippen LogP contribution in [0.15, 0.2) is 52.6 Å². The normalized spacial score (nSPS) is 17.7. The van der Waals surface area contributed by atoms with E-state index in [1.165, 1.54) is 11.8 Å². The minimum Gasteiger partial charge on any atom is -0.497 e. The van der Waals surface area contributed by atoms with Crippen molar-refractivity contribution in [2.24, 2.45) is 10.1 Å². The Labute approximate surface area is 196 Å². The first-order valence-corrected chi connectivity index (χ1v) is 12.2. The molecule has 0 saturated carbocycles. The minimum absolute atomic E-state index is 0.0661. The highest BCUT2D eigenvalue weighted by atomic mass is 32.2. The van der Waals surface area contributed by atoms with Crippen molar-refractivity contribution in [3.63, 3.8) is 0 Å². The average molecular weight is 472 g/mol. The lowest BCUT2D eigenvalue weighted by molar-refractivity contribution is -0.130. The Hall–Kier alpha value is -2.65. The molecular formula is C23H25N3O4S2. The fourth-order valence-corrected chi connectivity index (χ4v) is 5.57. The number of carbonyl (C=O) groups excluding carboxylic acids is 1. The fourth-order valence-electron chi connectivity index (χ4n) is 3.71. The van der Waals surface area contributed by atoms with Crippen LogP contribution >= 0.6 is 23.5 Å². The molecule has 2 aromatic rings. The van der Waals surface area contributed by atoms with Crippen LogP contribution in [0.25, 0.3) is 0 Å². The van der Waals surface area contributed by atoms with Gasteiger partial charge in [-0.3, -0.25) is 9.79 Å². The van der Waals surface area contributed by atoms with E-state index in [4.69, 9.17) is 19.3 Å². The monoisotopic (exact) mass is 471 g/mol. The zero-order valence-corrected chi connectivity index (χ0v) is 19.9. The van der Waals surface area contributed by atoms with Crippen LogP contribution in [-0.4, -0.2) is 60.4 Å². The summed E-state index contributed by atoms with van der Waals surface area (Å²) in [6, 6.07) is 13.1. The quantitative estimate of drug-likeness (QED) is 0.602. The molecule has 2 aliphatic heterocycles. The smallest absolute Gasteiger partial charge is 0.253 e. The molecule has 32 heavy (non-hydrogen) atoms. The summed E-state index contributed by atoms with van der Waals surface area (Å²) in [5, 5.41) is 6.34. The molecule has 2 aromatic carbocycles. The summed E-state index contributed by atoms with van der Waals surface area (Å²) in [5.74, 6) is 3.22. The second-order valence-corrected chi connectivity index (χ2v) is 9.41. The number of hydrogen-bond acceptors (Lipinski definition) is 8. The number of ether oxygens (including phenoxy) is 3. The summed E-state index contributed by atoms with van der Waals surface area (Å²) in [4.78, 5) is 17.7. The van der Waals surface area contributed by atoms with Gasteiger partial charge in [-0.1, -0.05) is 35.7 Å². The number of para-hydroxylation sites is 1. The highest BCUT2D eigenvalue weighted by molar-refractivity contribution is 8.39. The Morgan fingerprint density at radius 1 is 1.12 bits per heavy atom. The lowest BCUT2D eigenvalue weighted by Crippen LogP contribution is -2.29. The van der Waals surface area contributed by atoms with Crippen molar-refractivity contribution >= 4 is 39.5 Å². The second kappa shape index (κ2) is 10.3. The van der Waals surface area contributed by atoms with Gasteiger partial charge in [-0.15, -0.1) is 0 Å². The number of aliphatic imine (C=N–C) groups is 1. The molecule has 1 amide bonds. The molecule has 0 aliphatic carbocycles. The second-order valence-electron chi connectivity index (χ2n) is 7.10. The molecule has 9 heteroatoms. The Bertz CT molecular complexity index is 1040. The largest absolute Gasteiger partial charge is 0.497 e. The van der Waals surface area contributed by atoms with Crippen LogP contribution in [0.2, 0.25) is 0 Å². The summed E-state index contributed by atoms with van der Waals surface area (Å²) in [7, 11) is 4.85. The van der Waals surface area contributed by atoms with Gasteiger partial charge in [0.25, 0.3) is 5.91 Å². The van der Waals surface area contributed by atoms with Gasteiger partial charge in [0.05, 0.1) is 45.4 Å². The molecule has 0 spiro atoms. The molecule has 7 nitrogen and oxygen atoms in total. The lowest BCUT2D eigenvalue weighted by atomic mass is 9.97. The summed E-state index contributed by atoms with van der Waals surface area (Å²) >= 11 is 3.17. The van der Waals surface area contributed by atoms with Crippen molar-refractivity contribution < 1.29 is 19.0 Å². The molecule has 2 aliphatic rings. The Balaban J connectivity index is 1.65. The first-order valence-electron chi connectivity index (χ1n) is 10.2. The van der Waals surface area contributed by atoms with E-state index in [9.17, 15) is 4.79 Å². The van der Waals surface area contributed by atoms with Crippen LogP contribution in [0.3, 0.4) is 0 Å². The number of benzene rings is 2. The number of rotatable bonds is 7. The summed E-state index contributed by atoms with van der Waals surface area (Å²) in [6.45, 7) is 0.814. The minimum atomic E-state index is -0.288. The maximum absolute atomic E-state index is 13.3. The van der Waals surface area contributed by atoms with Crippen molar-refractivity contribution in [1.82, 2.24) is 5.01 Å². The molecule has 2 heterocycles. The van der Waals surface area contributed by atoms with Gasteiger partial charge in [-0.2, -0.15) is 5.10 Å². The van der Waals surface area contributed by atoms with Gasteiger partial charge < -0.3 is 14.2 Å². The van der Waals surface area contributed by atoms with Crippen LogP contribution in [-0.2, 0) is 4.79 Å². The first kappa shape index (κ1) is 22.5. The van der Waals surface area contributed by atoms with E-state index in [1.807, 2.05) is 42.5 Å². The van der Waals surface area contributed by atoms with E-state index in [-0.39, 0.29) is 17.7 Å². The number of hydrogen-bond donors (Lipinski definition) is 0. The third kappa shape index (κ3) is 4.73. The van der Waals surface area contributed by atoms with Gasteiger partial charge in [0.15, 0.2) is 11.5 Å². The third-order valence-electron chi connectivity index (χ3n) is 5.26. The Morgan fingerprint density at radius 2 is 1.94 bits per heavy atom. The number of amides is 1. The van der Waals surface area contributed by atoms with Gasteiger partial charge in [-0.05, 0) is 35.9 Å². The van der Waals surface area contributed by atoms with Gasteiger partial charge in [0.2, 0.25) is 0 Å². The van der Waals surface area contributed by atoms with Gasteiger partial charge >= 0.3 is 0 Å². The number of hydrazone groups is 1. The number of nitrogens with zero attached hydrogens (tertiary/aromatic N) is 3. The van der Waals surface area contributed by atoms with E-state index in [0.29, 0.717) is 17.9 Å². The van der Waals surface area contributed by atoms with E-state index in [2.05, 4.69) is 4.99 Å². The highest BCUT2D eigenvalue weighted by Crippen LogP contribution is 2.42. The van der Waals surface area contributed by atoms with Crippen molar-refractivity contribution in [1.29, 1.82) is 0 Å². The van der Waals surface area contributed by atoms with Crippen molar-refractivity contribution in [2.45, 2.75) is 12.5 Å². The van der Waals surface area contributed by atoms with Gasteiger partial charge in [-0.25, -0.2) is 5.01 Å². The Kier molecular flexibility index (Phi) is 7.26. The fraction of sp³-hybridized carbons (Fsp3) is 0.348. The molecule has 0 unspecified atom stereocenters. The van der Waals surface area contributed by atoms with Crippen LogP contribution in [0.5, 0.6) is 17.2 Å². The zero-order valence-electron chi connectivity index (χ0n) is 18.2. The van der Waals surface area contributed by atoms with Gasteiger partial charge in [0.1, 0.15) is 10.1 Å². The van der Waals surface area contributed by atoms with Crippen LogP contribution in [0, 0.1) is 0 Å². The predicted molar refractivity (Wildman–Crippen MR) is 130 cm³/mol. The first-order chi connectivity index (χ1) is 15.6. The maximum atomic E-state index is 13.3. The third-order valence-corrected chi connectivity index (χ3v) is 7.50. The molecule has 1 atom stereocenters. The molecule has 168 valence electrons. The summed E-state index contributed by atoms with van der Waals surface area (Å²) in [5.41, 5.74) is 2.66. The molecule has 0 aromatic heterocycles. The lowest BCUT2D eigenvalue weighted by Gasteiger charge is -2.24. The van der Waals surface area contributed by atoms with Crippen molar-refractivity contribution in [3.05, 3.63) is 53.6 Å². The topological polar surface area (TPSA) is 72.7 Å². The molecule has 0 bridgehead atoms. The van der Waals surface area contributed by atoms with Crippen molar-refractivity contribution in [2.75, 3.05) is 39.4 Å². The van der Waals surface area contributed by atoms with Crippen molar-refractivity contribution in [3.8, 4) is 17.2 Å². The maximum Gasteiger partial charge on any atom is 0.253 e. The zero-order chi connectivity index (χ0) is 22.5. The molecule has 4 rings (SSSR count). The standard InChI is InChI=1S/C23H25N3O4S2/c1-28-16-9-7-15(8-10-16)18-13-19(17-5-4-6-20(29-2)22(17)30-3)26(25-18)21(27)14-32-23-24-11-12-31-23/h4-10,19H,11-14H2,1-3H3/t19-/m0/s1. The summed E-state index contributed by atoms with van der Waals surface area (Å²) < 4.78 is 17.4. The molecule has 0 fully saturated rings. The van der Waals surface area contributed by atoms with E-state index in [1.54, 1.807) is 38.1 Å².